The molecule has 1 N–H and O–H groups in total. The number of carboxylic acid groups (broad SMARTS) is 1. The van der Waals surface area contributed by atoms with Gasteiger partial charge in [-0.3, -0.25) is 9.69 Å². The van der Waals surface area contributed by atoms with Gasteiger partial charge in [-0.2, -0.15) is 0 Å². The highest BCUT2D eigenvalue weighted by Crippen LogP contribution is 2.33. The molecule has 1 aliphatic rings. The highest BCUT2D eigenvalue weighted by molar-refractivity contribution is 9.10. The quantitative estimate of drug-likeness (QED) is 0.830. The third kappa shape index (κ3) is 3.87. The molecule has 2 aromatic rings. The van der Waals surface area contributed by atoms with E-state index < -0.39 is 5.97 Å². The molecule has 24 heavy (non-hydrogen) atoms. The third-order valence-electron chi connectivity index (χ3n) is 4.82. The van der Waals surface area contributed by atoms with Crippen molar-refractivity contribution < 1.29 is 9.90 Å². The fourth-order valence-corrected chi connectivity index (χ4v) is 3.68. The molecular weight excluding hydrogens is 366 g/mol. The van der Waals surface area contributed by atoms with Crippen molar-refractivity contribution in [2.75, 3.05) is 13.1 Å². The normalized spacial score (nSPS) is 17.6. The second-order valence-corrected chi connectivity index (χ2v) is 7.43. The van der Waals surface area contributed by atoms with Gasteiger partial charge in [-0.15, -0.1) is 0 Å². The van der Waals surface area contributed by atoms with Gasteiger partial charge in [-0.25, -0.2) is 0 Å². The Bertz CT molecular complexity index is 643. The van der Waals surface area contributed by atoms with Crippen molar-refractivity contribution in [1.82, 2.24) is 4.90 Å². The van der Waals surface area contributed by atoms with Gasteiger partial charge in [0.25, 0.3) is 0 Å². The van der Waals surface area contributed by atoms with Gasteiger partial charge in [0.1, 0.15) is 0 Å². The van der Waals surface area contributed by atoms with Gasteiger partial charge in [0.05, 0.1) is 12.0 Å². The molecule has 1 fully saturated rings. The van der Waals surface area contributed by atoms with E-state index >= 15 is 0 Å². The molecule has 0 amide bonds. The van der Waals surface area contributed by atoms with Crippen LogP contribution in [0, 0.1) is 12.8 Å². The van der Waals surface area contributed by atoms with E-state index in [1.807, 2.05) is 0 Å². The molecule has 0 radical (unpaired) electrons. The maximum absolute atomic E-state index is 11.2. The molecule has 1 aliphatic heterocycles. The number of aryl methyl sites for hydroxylation is 1. The van der Waals surface area contributed by atoms with Crippen LogP contribution in [-0.4, -0.2) is 29.1 Å². The SMILES string of the molecule is Cc1ccc(C(c2ccc(Br)cc2)N2CCC(C(=O)O)CC2)cc1. The van der Waals surface area contributed by atoms with Gasteiger partial charge in [0.15, 0.2) is 0 Å². The first-order valence-corrected chi connectivity index (χ1v) is 9.13. The molecule has 3 rings (SSSR count). The zero-order valence-electron chi connectivity index (χ0n) is 13.8. The van der Waals surface area contributed by atoms with Crippen LogP contribution in [0.1, 0.15) is 35.6 Å². The Labute approximate surface area is 151 Å². The first-order valence-electron chi connectivity index (χ1n) is 8.33. The summed E-state index contributed by atoms with van der Waals surface area (Å²) in [6, 6.07) is 17.3. The number of hydrogen-bond acceptors (Lipinski definition) is 2. The average molecular weight is 388 g/mol. The van der Waals surface area contributed by atoms with Crippen LogP contribution < -0.4 is 0 Å². The van der Waals surface area contributed by atoms with E-state index in [2.05, 4.69) is 76.3 Å². The molecule has 0 spiro atoms. The zero-order valence-corrected chi connectivity index (χ0v) is 15.4. The minimum absolute atomic E-state index is 0.174. The second-order valence-electron chi connectivity index (χ2n) is 6.51. The molecule has 1 atom stereocenters. The lowest BCUT2D eigenvalue weighted by Crippen LogP contribution is -2.39. The van der Waals surface area contributed by atoms with Crippen LogP contribution in [-0.2, 0) is 4.79 Å². The fourth-order valence-electron chi connectivity index (χ4n) is 3.41. The van der Waals surface area contributed by atoms with Gasteiger partial charge in [-0.05, 0) is 56.1 Å². The van der Waals surface area contributed by atoms with Crippen molar-refractivity contribution in [3.05, 3.63) is 69.7 Å². The van der Waals surface area contributed by atoms with Crippen LogP contribution in [0.5, 0.6) is 0 Å². The molecule has 2 aromatic carbocycles. The number of hydrogen-bond donors (Lipinski definition) is 1. The molecule has 0 saturated carbocycles. The zero-order chi connectivity index (χ0) is 17.1. The minimum atomic E-state index is -0.662. The Kier molecular flexibility index (Phi) is 5.36. The number of nitrogens with zero attached hydrogens (tertiary/aromatic N) is 1. The van der Waals surface area contributed by atoms with Crippen LogP contribution in [0.2, 0.25) is 0 Å². The molecule has 3 nitrogen and oxygen atoms in total. The van der Waals surface area contributed by atoms with Gasteiger partial charge >= 0.3 is 5.97 Å². The van der Waals surface area contributed by atoms with Crippen molar-refractivity contribution in [3.63, 3.8) is 0 Å². The summed E-state index contributed by atoms with van der Waals surface area (Å²) in [5, 5.41) is 9.23. The number of carbonyl (C=O) groups is 1. The molecule has 0 aromatic heterocycles. The second kappa shape index (κ2) is 7.49. The summed E-state index contributed by atoms with van der Waals surface area (Å²) in [6.45, 7) is 3.72. The number of aliphatic carboxylic acids is 1. The topological polar surface area (TPSA) is 40.5 Å². The van der Waals surface area contributed by atoms with Crippen LogP contribution in [0.3, 0.4) is 0 Å². The average Bonchev–Trinajstić information content (AvgIpc) is 2.59. The molecule has 0 aliphatic carbocycles. The van der Waals surface area contributed by atoms with Gasteiger partial charge in [-0.1, -0.05) is 57.9 Å². The third-order valence-corrected chi connectivity index (χ3v) is 5.35. The maximum atomic E-state index is 11.2. The summed E-state index contributed by atoms with van der Waals surface area (Å²) in [7, 11) is 0. The standard InChI is InChI=1S/C20H22BrNO2/c1-14-2-4-15(5-3-14)19(16-6-8-18(21)9-7-16)22-12-10-17(11-13-22)20(23)24/h2-9,17,19H,10-13H2,1H3,(H,23,24). The fraction of sp³-hybridized carbons (Fsp3) is 0.350. The Hall–Kier alpha value is -1.65. The van der Waals surface area contributed by atoms with Crippen LogP contribution in [0.25, 0.3) is 0 Å². The van der Waals surface area contributed by atoms with E-state index in [1.54, 1.807) is 0 Å². The summed E-state index contributed by atoms with van der Waals surface area (Å²) in [4.78, 5) is 13.6. The number of benzene rings is 2. The largest absolute Gasteiger partial charge is 0.481 e. The molecule has 1 unspecified atom stereocenters. The number of piperidine rings is 1. The lowest BCUT2D eigenvalue weighted by molar-refractivity contribution is -0.143. The van der Waals surface area contributed by atoms with E-state index in [9.17, 15) is 9.90 Å². The Morgan fingerprint density at radius 2 is 1.54 bits per heavy atom. The van der Waals surface area contributed by atoms with Crippen LogP contribution >= 0.6 is 15.9 Å². The van der Waals surface area contributed by atoms with Crippen molar-refractivity contribution >= 4 is 21.9 Å². The number of rotatable bonds is 4. The monoisotopic (exact) mass is 387 g/mol. The predicted octanol–water partition coefficient (Wildman–Crippen LogP) is 4.64. The molecule has 1 saturated heterocycles. The summed E-state index contributed by atoms with van der Waals surface area (Å²) >= 11 is 3.50. The molecule has 0 bridgehead atoms. The molecule has 4 heteroatoms. The van der Waals surface area contributed by atoms with Crippen molar-refractivity contribution in [2.45, 2.75) is 25.8 Å². The van der Waals surface area contributed by atoms with Crippen molar-refractivity contribution in [1.29, 1.82) is 0 Å². The van der Waals surface area contributed by atoms with E-state index in [1.165, 1.54) is 16.7 Å². The summed E-state index contributed by atoms with van der Waals surface area (Å²) < 4.78 is 1.07. The number of carboxylic acids is 1. The summed E-state index contributed by atoms with van der Waals surface area (Å²) in [5.74, 6) is -0.866. The lowest BCUT2D eigenvalue weighted by Gasteiger charge is -2.37. The molecule has 1 heterocycles. The first-order chi connectivity index (χ1) is 11.5. The van der Waals surface area contributed by atoms with Crippen LogP contribution in [0.15, 0.2) is 53.0 Å². The van der Waals surface area contributed by atoms with Gasteiger partial charge in [0, 0.05) is 4.47 Å². The maximum Gasteiger partial charge on any atom is 0.306 e. The predicted molar refractivity (Wildman–Crippen MR) is 99.1 cm³/mol. The number of likely N-dealkylation sites (tertiary alicyclic amines) is 1. The lowest BCUT2D eigenvalue weighted by atomic mass is 9.91. The summed E-state index contributed by atoms with van der Waals surface area (Å²) in [6.07, 6.45) is 1.43. The van der Waals surface area contributed by atoms with Crippen molar-refractivity contribution in [2.24, 2.45) is 5.92 Å². The Morgan fingerprint density at radius 3 is 2.04 bits per heavy atom. The highest BCUT2D eigenvalue weighted by atomic mass is 79.9. The smallest absolute Gasteiger partial charge is 0.306 e. The summed E-state index contributed by atoms with van der Waals surface area (Å²) in [5.41, 5.74) is 3.76. The van der Waals surface area contributed by atoms with E-state index in [-0.39, 0.29) is 12.0 Å². The van der Waals surface area contributed by atoms with Crippen LogP contribution in [0.4, 0.5) is 0 Å². The molecular formula is C20H22BrNO2. The van der Waals surface area contributed by atoms with Gasteiger partial charge in [0.2, 0.25) is 0 Å². The Balaban J connectivity index is 1.89. The molecule has 126 valence electrons. The number of halogens is 1. The van der Waals surface area contributed by atoms with E-state index in [4.69, 9.17) is 0 Å². The van der Waals surface area contributed by atoms with E-state index in [0.29, 0.717) is 12.8 Å². The Morgan fingerprint density at radius 1 is 1.04 bits per heavy atom. The first kappa shape index (κ1) is 17.2. The minimum Gasteiger partial charge on any atom is -0.481 e. The van der Waals surface area contributed by atoms with E-state index in [0.717, 1.165) is 17.6 Å². The van der Waals surface area contributed by atoms with Crippen molar-refractivity contribution in [3.8, 4) is 0 Å². The highest BCUT2D eigenvalue weighted by Gasteiger charge is 2.30. The van der Waals surface area contributed by atoms with Gasteiger partial charge < -0.3 is 5.11 Å².